The summed E-state index contributed by atoms with van der Waals surface area (Å²) in [6.07, 6.45) is 12.5. The van der Waals surface area contributed by atoms with Gasteiger partial charge >= 0.3 is 5.97 Å². The summed E-state index contributed by atoms with van der Waals surface area (Å²) < 4.78 is 11.4. The van der Waals surface area contributed by atoms with Crippen molar-refractivity contribution >= 4 is 11.5 Å². The Kier molecular flexibility index (Phi) is 5.09. The van der Waals surface area contributed by atoms with Crippen LogP contribution in [0.2, 0.25) is 0 Å². The summed E-state index contributed by atoms with van der Waals surface area (Å²) in [7, 11) is 0. The molecule has 0 saturated heterocycles. The summed E-state index contributed by atoms with van der Waals surface area (Å²) in [5.74, 6) is 3.18. The number of carbonyl (C=O) groups is 1. The Balaban J connectivity index is 1.25. The number of fused-ring (bicyclic) bond motifs is 5. The number of rotatable bonds is 3. The zero-order valence-electron chi connectivity index (χ0n) is 20.4. The standard InChI is InChI=1S/C29H34N2O3/c1-18(32)33-21-13-15-28(2)20(17-21)9-10-22-23-11-12-25(29(23,3)16-14-24(22)28)27-30-26(31-34-27)19-7-5-4-6-8-19/h4-9,12,21-24H,10-11,13-17H2,1-3H3/t21-,22-,23-,24-,28-,29-/m0/s1. The lowest BCUT2D eigenvalue weighted by Gasteiger charge is -2.57. The first-order valence-electron chi connectivity index (χ1n) is 12.9. The van der Waals surface area contributed by atoms with Gasteiger partial charge in [0.15, 0.2) is 0 Å². The van der Waals surface area contributed by atoms with Gasteiger partial charge in [0.2, 0.25) is 5.82 Å². The lowest BCUT2D eigenvalue weighted by Crippen LogP contribution is -2.50. The van der Waals surface area contributed by atoms with E-state index in [-0.39, 0.29) is 22.9 Å². The zero-order chi connectivity index (χ0) is 23.5. The number of hydrogen-bond donors (Lipinski definition) is 0. The molecule has 0 spiro atoms. The molecule has 4 aliphatic carbocycles. The Morgan fingerprint density at radius 2 is 1.82 bits per heavy atom. The quantitative estimate of drug-likeness (QED) is 0.382. The minimum atomic E-state index is -0.155. The molecule has 2 fully saturated rings. The van der Waals surface area contributed by atoms with Crippen LogP contribution in [-0.4, -0.2) is 22.2 Å². The van der Waals surface area contributed by atoms with E-state index in [9.17, 15) is 4.79 Å². The Labute approximate surface area is 201 Å². The van der Waals surface area contributed by atoms with E-state index >= 15 is 0 Å². The van der Waals surface area contributed by atoms with E-state index in [0.717, 1.165) is 44.1 Å². The van der Waals surface area contributed by atoms with Crippen molar-refractivity contribution < 1.29 is 14.1 Å². The average Bonchev–Trinajstić information content (AvgIpc) is 3.44. The predicted molar refractivity (Wildman–Crippen MR) is 130 cm³/mol. The highest BCUT2D eigenvalue weighted by atomic mass is 16.5. The normalized spacial score (nSPS) is 36.6. The van der Waals surface area contributed by atoms with Crippen molar-refractivity contribution in [2.24, 2.45) is 28.6 Å². The number of carbonyl (C=O) groups excluding carboxylic acids is 1. The highest BCUT2D eigenvalue weighted by Crippen LogP contribution is 2.66. The molecule has 1 aromatic carbocycles. The van der Waals surface area contributed by atoms with Crippen LogP contribution in [0.5, 0.6) is 0 Å². The van der Waals surface area contributed by atoms with E-state index in [1.807, 2.05) is 30.3 Å². The van der Waals surface area contributed by atoms with Crippen molar-refractivity contribution in [3.8, 4) is 11.4 Å². The molecule has 4 aliphatic rings. The van der Waals surface area contributed by atoms with Crippen molar-refractivity contribution in [2.75, 3.05) is 0 Å². The highest BCUT2D eigenvalue weighted by molar-refractivity contribution is 5.69. The SMILES string of the molecule is CC(=O)O[C@H]1CC[C@@]2(C)C(=CC[C@@H]3[C@@H]2CC[C@]2(C)C(c4nc(-c5ccccc5)no4)=CC[C@@H]32)C1. The van der Waals surface area contributed by atoms with Crippen molar-refractivity contribution in [2.45, 2.75) is 71.8 Å². The molecular weight excluding hydrogens is 424 g/mol. The molecule has 0 amide bonds. The molecule has 1 aromatic heterocycles. The van der Waals surface area contributed by atoms with E-state index in [1.54, 1.807) is 0 Å². The van der Waals surface area contributed by atoms with Crippen LogP contribution in [0, 0.1) is 28.6 Å². The first-order chi connectivity index (χ1) is 16.4. The molecule has 2 saturated carbocycles. The summed E-state index contributed by atoms with van der Waals surface area (Å²) in [6.45, 7) is 6.44. The van der Waals surface area contributed by atoms with Gasteiger partial charge in [0.25, 0.3) is 5.89 Å². The van der Waals surface area contributed by atoms with Gasteiger partial charge in [0.05, 0.1) is 0 Å². The second-order valence-electron chi connectivity index (χ2n) is 11.3. The van der Waals surface area contributed by atoms with Crippen LogP contribution in [0.1, 0.15) is 71.6 Å². The number of allylic oxidation sites excluding steroid dienone is 3. The van der Waals surface area contributed by atoms with Crippen LogP contribution in [0.3, 0.4) is 0 Å². The lowest BCUT2D eigenvalue weighted by molar-refractivity contribution is -0.148. The molecule has 0 N–H and O–H groups in total. The Morgan fingerprint density at radius 1 is 1.03 bits per heavy atom. The van der Waals surface area contributed by atoms with Crippen LogP contribution >= 0.6 is 0 Å². The minimum Gasteiger partial charge on any atom is -0.462 e. The summed E-state index contributed by atoms with van der Waals surface area (Å²) in [6, 6.07) is 10.1. The van der Waals surface area contributed by atoms with Crippen LogP contribution < -0.4 is 0 Å². The largest absolute Gasteiger partial charge is 0.462 e. The maximum atomic E-state index is 11.5. The van der Waals surface area contributed by atoms with Crippen LogP contribution in [0.15, 0.2) is 52.6 Å². The van der Waals surface area contributed by atoms with Gasteiger partial charge in [-0.05, 0) is 61.7 Å². The molecule has 0 bridgehead atoms. The molecule has 1 heterocycles. The van der Waals surface area contributed by atoms with Gasteiger partial charge in [0, 0.05) is 29.9 Å². The molecule has 5 heteroatoms. The van der Waals surface area contributed by atoms with Gasteiger partial charge in [-0.3, -0.25) is 4.79 Å². The van der Waals surface area contributed by atoms with Crippen molar-refractivity contribution in [1.29, 1.82) is 0 Å². The molecule has 2 aromatic rings. The smallest absolute Gasteiger partial charge is 0.302 e. The number of nitrogens with zero attached hydrogens (tertiary/aromatic N) is 2. The third kappa shape index (κ3) is 3.30. The van der Waals surface area contributed by atoms with Gasteiger partial charge in [-0.2, -0.15) is 4.98 Å². The number of ether oxygens (including phenoxy) is 1. The van der Waals surface area contributed by atoms with Gasteiger partial charge in [0.1, 0.15) is 6.10 Å². The van der Waals surface area contributed by atoms with Crippen molar-refractivity contribution in [3.05, 3.63) is 53.9 Å². The summed E-state index contributed by atoms with van der Waals surface area (Å²) in [4.78, 5) is 16.3. The fourth-order valence-corrected chi connectivity index (χ4v) is 7.90. The Morgan fingerprint density at radius 3 is 2.62 bits per heavy atom. The number of esters is 1. The Hall–Kier alpha value is -2.69. The van der Waals surface area contributed by atoms with Gasteiger partial charge in [-0.1, -0.05) is 67.1 Å². The van der Waals surface area contributed by atoms with Gasteiger partial charge in [-0.25, -0.2) is 0 Å². The topological polar surface area (TPSA) is 65.2 Å². The van der Waals surface area contributed by atoms with Gasteiger partial charge in [-0.15, -0.1) is 0 Å². The molecule has 178 valence electrons. The fraction of sp³-hybridized carbons (Fsp3) is 0.552. The van der Waals surface area contributed by atoms with Crippen molar-refractivity contribution in [1.82, 2.24) is 10.1 Å². The monoisotopic (exact) mass is 458 g/mol. The minimum absolute atomic E-state index is 0.0540. The molecule has 6 atom stereocenters. The third-order valence-electron chi connectivity index (χ3n) is 9.66. The lowest BCUT2D eigenvalue weighted by atomic mass is 9.47. The van der Waals surface area contributed by atoms with Crippen LogP contribution in [0.4, 0.5) is 0 Å². The Bertz CT molecular complexity index is 1170. The average molecular weight is 459 g/mol. The van der Waals surface area contributed by atoms with E-state index in [1.165, 1.54) is 24.5 Å². The second kappa shape index (κ2) is 7.93. The van der Waals surface area contributed by atoms with Gasteiger partial charge < -0.3 is 9.26 Å². The maximum absolute atomic E-state index is 11.5. The zero-order valence-corrected chi connectivity index (χ0v) is 20.4. The van der Waals surface area contributed by atoms with E-state index < -0.39 is 0 Å². The molecule has 0 radical (unpaired) electrons. The van der Waals surface area contributed by atoms with Crippen molar-refractivity contribution in [3.63, 3.8) is 0 Å². The molecule has 34 heavy (non-hydrogen) atoms. The number of benzene rings is 1. The van der Waals surface area contributed by atoms with Crippen LogP contribution in [-0.2, 0) is 9.53 Å². The van der Waals surface area contributed by atoms with E-state index in [2.05, 4.69) is 31.2 Å². The first kappa shape index (κ1) is 21.8. The van der Waals surface area contributed by atoms with E-state index in [4.69, 9.17) is 14.2 Å². The summed E-state index contributed by atoms with van der Waals surface area (Å²) >= 11 is 0. The molecule has 6 rings (SSSR count). The number of aromatic nitrogens is 2. The summed E-state index contributed by atoms with van der Waals surface area (Å²) in [5.41, 5.74) is 4.09. The molecule has 5 nitrogen and oxygen atoms in total. The summed E-state index contributed by atoms with van der Waals surface area (Å²) in [5, 5.41) is 4.30. The highest BCUT2D eigenvalue weighted by Gasteiger charge is 2.57. The second-order valence-corrected chi connectivity index (χ2v) is 11.3. The predicted octanol–water partition coefficient (Wildman–Crippen LogP) is 6.62. The van der Waals surface area contributed by atoms with E-state index in [0.29, 0.717) is 29.5 Å². The molecular formula is C29H34N2O3. The molecule has 0 unspecified atom stereocenters. The van der Waals surface area contributed by atoms with Crippen LogP contribution in [0.25, 0.3) is 17.0 Å². The third-order valence-corrected chi connectivity index (χ3v) is 9.66. The number of hydrogen-bond acceptors (Lipinski definition) is 5. The maximum Gasteiger partial charge on any atom is 0.302 e. The first-order valence-corrected chi connectivity index (χ1v) is 12.9. The fourth-order valence-electron chi connectivity index (χ4n) is 7.90. The molecule has 0 aliphatic heterocycles.